The fourth-order valence-corrected chi connectivity index (χ4v) is 0.780. The molecule has 0 unspecified atom stereocenters. The van der Waals surface area contributed by atoms with Gasteiger partial charge in [0, 0.05) is 20.2 Å². The molecule has 0 aromatic heterocycles. The first-order valence-corrected chi connectivity index (χ1v) is 6.11. The van der Waals surface area contributed by atoms with Gasteiger partial charge in [-0.2, -0.15) is 0 Å². The Balaban J connectivity index is -0.000000103. The molecule has 0 aliphatic rings. The third-order valence-electron chi connectivity index (χ3n) is 1.33. The van der Waals surface area contributed by atoms with E-state index in [0.29, 0.717) is 0 Å². The highest BCUT2D eigenvalue weighted by Crippen LogP contribution is 1.70. The van der Waals surface area contributed by atoms with Gasteiger partial charge in [0.05, 0.1) is 0 Å². The summed E-state index contributed by atoms with van der Waals surface area (Å²) < 4.78 is 0. The third-order valence-corrected chi connectivity index (χ3v) is 1.33. The second kappa shape index (κ2) is 47.1. The molecule has 0 spiro atoms. The van der Waals surface area contributed by atoms with E-state index in [0.717, 1.165) is 33.3 Å². The lowest BCUT2D eigenvalue weighted by molar-refractivity contribution is 0.399. The van der Waals surface area contributed by atoms with Crippen LogP contribution in [0.1, 0.15) is 40.5 Å². The summed E-state index contributed by atoms with van der Waals surface area (Å²) >= 11 is 0. The van der Waals surface area contributed by atoms with Crippen molar-refractivity contribution in [1.29, 1.82) is 0 Å². The number of nitrogens with one attached hydrogen (secondary N) is 2. The minimum atomic E-state index is 1.00. The Morgan fingerprint density at radius 1 is 0.750 bits per heavy atom. The van der Waals surface area contributed by atoms with Crippen LogP contribution in [0.15, 0.2) is 0 Å². The molecule has 0 aromatic rings. The van der Waals surface area contributed by atoms with Crippen LogP contribution in [0.2, 0.25) is 0 Å². The molecule has 0 aromatic carbocycles. The lowest BCUT2D eigenvalue weighted by Crippen LogP contribution is -2.28. The van der Waals surface area contributed by atoms with E-state index in [1.54, 1.807) is 0 Å². The summed E-state index contributed by atoms with van der Waals surface area (Å²) in [5.41, 5.74) is 0. The smallest absolute Gasteiger partial charge is 0.0319 e. The summed E-state index contributed by atoms with van der Waals surface area (Å²) in [4.78, 5) is 0. The Bertz CT molecular complexity index is 77.2. The van der Waals surface area contributed by atoms with Crippen LogP contribution < -0.4 is 10.6 Å². The van der Waals surface area contributed by atoms with Crippen LogP contribution in [-0.4, -0.2) is 38.4 Å². The molecule has 0 saturated heterocycles. The standard InChI is InChI=1S/C8H20N2.C2H6.C2H2.CH4O/c1-3-5-9-7-8-10-6-4-2;3*1-2/h9-10H,3-8H2,1-2H3;1-2H3;1-2H;2H,1H3. The molecule has 0 fully saturated rings. The van der Waals surface area contributed by atoms with Crippen LogP contribution in [0.5, 0.6) is 0 Å². The molecular formula is C13H32N2O. The highest BCUT2D eigenvalue weighted by atomic mass is 16.2. The van der Waals surface area contributed by atoms with Crippen LogP contribution in [0.4, 0.5) is 0 Å². The summed E-state index contributed by atoms with van der Waals surface area (Å²) in [6.07, 6.45) is 10.5. The van der Waals surface area contributed by atoms with Gasteiger partial charge in [-0.25, -0.2) is 0 Å². The lowest BCUT2D eigenvalue weighted by atomic mass is 10.4. The predicted molar refractivity (Wildman–Crippen MR) is 75.7 cm³/mol. The molecule has 3 N–H and O–H groups in total. The van der Waals surface area contributed by atoms with Gasteiger partial charge in [0.15, 0.2) is 0 Å². The van der Waals surface area contributed by atoms with Crippen LogP contribution >= 0.6 is 0 Å². The molecule has 3 heteroatoms. The second-order valence-electron chi connectivity index (χ2n) is 2.50. The molecule has 0 radical (unpaired) electrons. The summed E-state index contributed by atoms with van der Waals surface area (Å²) in [6, 6.07) is 0. The van der Waals surface area contributed by atoms with Crippen LogP contribution in [0.25, 0.3) is 0 Å². The van der Waals surface area contributed by atoms with E-state index in [4.69, 9.17) is 5.11 Å². The second-order valence-corrected chi connectivity index (χ2v) is 2.50. The Morgan fingerprint density at radius 3 is 1.19 bits per heavy atom. The molecule has 3 nitrogen and oxygen atoms in total. The molecule has 0 atom stereocenters. The number of hydrogen-bond acceptors (Lipinski definition) is 3. The summed E-state index contributed by atoms with van der Waals surface area (Å²) in [7, 11) is 1.00. The number of terminal acetylenes is 1. The summed E-state index contributed by atoms with van der Waals surface area (Å²) in [5, 5.41) is 13.7. The molecule has 16 heavy (non-hydrogen) atoms. The first-order chi connectivity index (χ1) is 7.91. The molecule has 0 aliphatic carbocycles. The molecule has 100 valence electrons. The molecule has 0 amide bonds. The molecule has 0 saturated carbocycles. The van der Waals surface area contributed by atoms with Gasteiger partial charge in [0.2, 0.25) is 0 Å². The minimum absolute atomic E-state index is 1.00. The Kier molecular flexibility index (Phi) is 72.4. The Labute approximate surface area is 103 Å². The van der Waals surface area contributed by atoms with Crippen LogP contribution in [0, 0.1) is 12.8 Å². The van der Waals surface area contributed by atoms with E-state index >= 15 is 0 Å². The number of hydrogen-bond donors (Lipinski definition) is 3. The van der Waals surface area contributed by atoms with Crippen molar-refractivity contribution in [3.63, 3.8) is 0 Å². The molecule has 0 rings (SSSR count). The predicted octanol–water partition coefficient (Wildman–Crippen LogP) is 1.87. The van der Waals surface area contributed by atoms with Crippen molar-refractivity contribution in [2.45, 2.75) is 40.5 Å². The van der Waals surface area contributed by atoms with Gasteiger partial charge < -0.3 is 15.7 Å². The van der Waals surface area contributed by atoms with Gasteiger partial charge in [0.1, 0.15) is 0 Å². The van der Waals surface area contributed by atoms with Gasteiger partial charge in [-0.3, -0.25) is 0 Å². The van der Waals surface area contributed by atoms with E-state index in [1.807, 2.05) is 13.8 Å². The highest BCUT2D eigenvalue weighted by molar-refractivity contribution is 4.49. The number of aliphatic hydroxyl groups excluding tert-OH is 1. The van der Waals surface area contributed by atoms with Gasteiger partial charge in [-0.05, 0) is 25.9 Å². The van der Waals surface area contributed by atoms with Crippen molar-refractivity contribution in [3.8, 4) is 12.8 Å². The maximum Gasteiger partial charge on any atom is 0.0319 e. The molecule has 0 heterocycles. The third kappa shape index (κ3) is 50.1. The van der Waals surface area contributed by atoms with Crippen molar-refractivity contribution in [2.75, 3.05) is 33.3 Å². The maximum absolute atomic E-state index is 7.00. The average molecular weight is 232 g/mol. The van der Waals surface area contributed by atoms with Crippen molar-refractivity contribution in [1.82, 2.24) is 10.6 Å². The Morgan fingerprint density at radius 2 is 1.00 bits per heavy atom. The van der Waals surface area contributed by atoms with Crippen molar-refractivity contribution in [3.05, 3.63) is 0 Å². The van der Waals surface area contributed by atoms with Crippen molar-refractivity contribution >= 4 is 0 Å². The van der Waals surface area contributed by atoms with E-state index in [1.165, 1.54) is 12.8 Å². The van der Waals surface area contributed by atoms with E-state index in [-0.39, 0.29) is 0 Å². The quantitative estimate of drug-likeness (QED) is 0.464. The van der Waals surface area contributed by atoms with Gasteiger partial charge in [-0.1, -0.05) is 27.7 Å². The number of aliphatic hydroxyl groups is 1. The number of rotatable bonds is 7. The lowest BCUT2D eigenvalue weighted by Gasteiger charge is -2.03. The normalized spacial score (nSPS) is 7.25. The summed E-state index contributed by atoms with van der Waals surface area (Å²) in [6.45, 7) is 12.9. The fraction of sp³-hybridized carbons (Fsp3) is 0.846. The van der Waals surface area contributed by atoms with Crippen LogP contribution in [0.3, 0.4) is 0 Å². The zero-order chi connectivity index (χ0) is 13.7. The summed E-state index contributed by atoms with van der Waals surface area (Å²) in [5.74, 6) is 0. The minimum Gasteiger partial charge on any atom is -0.400 e. The van der Waals surface area contributed by atoms with Gasteiger partial charge in [-0.15, -0.1) is 12.8 Å². The largest absolute Gasteiger partial charge is 0.400 e. The van der Waals surface area contributed by atoms with Crippen molar-refractivity contribution < 1.29 is 5.11 Å². The first-order valence-electron chi connectivity index (χ1n) is 6.11. The first kappa shape index (κ1) is 24.6. The van der Waals surface area contributed by atoms with E-state index in [9.17, 15) is 0 Å². The van der Waals surface area contributed by atoms with E-state index in [2.05, 4.69) is 37.3 Å². The highest BCUT2D eigenvalue weighted by Gasteiger charge is 1.83. The maximum atomic E-state index is 7.00. The molecule has 0 bridgehead atoms. The zero-order valence-electron chi connectivity index (χ0n) is 11.8. The fourth-order valence-electron chi connectivity index (χ4n) is 0.780. The SMILES string of the molecule is C#C.CC.CCCNCCNCCC.CO. The van der Waals surface area contributed by atoms with Crippen molar-refractivity contribution in [2.24, 2.45) is 0 Å². The monoisotopic (exact) mass is 232 g/mol. The molecule has 0 aliphatic heterocycles. The average Bonchev–Trinajstić information content (AvgIpc) is 2.41. The van der Waals surface area contributed by atoms with Gasteiger partial charge >= 0.3 is 0 Å². The zero-order valence-corrected chi connectivity index (χ0v) is 11.8. The Hall–Kier alpha value is -0.560. The topological polar surface area (TPSA) is 44.3 Å². The van der Waals surface area contributed by atoms with Gasteiger partial charge in [0.25, 0.3) is 0 Å². The van der Waals surface area contributed by atoms with E-state index < -0.39 is 0 Å². The van der Waals surface area contributed by atoms with Crippen LogP contribution in [-0.2, 0) is 0 Å². The molecular weight excluding hydrogens is 200 g/mol.